The van der Waals surface area contributed by atoms with Gasteiger partial charge in [0.25, 0.3) is 0 Å². The Labute approximate surface area is 194 Å². The van der Waals surface area contributed by atoms with E-state index in [1.54, 1.807) is 6.07 Å². The Balaban J connectivity index is 0.00000320. The molecule has 0 amide bonds. The molecule has 1 saturated heterocycles. The SMILES string of the molecule is CCNC(=NCc1ccc(OCC)c(F)c1)N1CCN(Cc2cc(C)on2)CC1.I. The number of piperazine rings is 1. The molecular weight excluding hydrogens is 500 g/mol. The maximum atomic E-state index is 14.1. The summed E-state index contributed by atoms with van der Waals surface area (Å²) in [4.78, 5) is 9.32. The molecule has 1 aromatic carbocycles. The Morgan fingerprint density at radius 1 is 1.23 bits per heavy atom. The first-order valence-corrected chi connectivity index (χ1v) is 10.2. The number of nitrogens with zero attached hydrogens (tertiary/aromatic N) is 4. The number of hydrogen-bond acceptors (Lipinski definition) is 5. The van der Waals surface area contributed by atoms with Crippen molar-refractivity contribution in [2.75, 3.05) is 39.3 Å². The molecule has 0 spiro atoms. The number of rotatable bonds is 7. The number of aryl methyl sites for hydroxylation is 1. The van der Waals surface area contributed by atoms with E-state index in [-0.39, 0.29) is 35.5 Å². The van der Waals surface area contributed by atoms with E-state index in [0.717, 1.165) is 62.2 Å². The molecule has 2 heterocycles. The highest BCUT2D eigenvalue weighted by Crippen LogP contribution is 2.19. The van der Waals surface area contributed by atoms with Crippen molar-refractivity contribution >= 4 is 29.9 Å². The summed E-state index contributed by atoms with van der Waals surface area (Å²) in [5.41, 5.74) is 1.79. The zero-order chi connectivity index (χ0) is 20.6. The second kappa shape index (κ2) is 12.1. The van der Waals surface area contributed by atoms with Crippen molar-refractivity contribution in [3.8, 4) is 5.75 Å². The minimum Gasteiger partial charge on any atom is -0.491 e. The van der Waals surface area contributed by atoms with E-state index in [1.807, 2.05) is 26.0 Å². The van der Waals surface area contributed by atoms with E-state index < -0.39 is 0 Å². The Kier molecular flexibility index (Phi) is 9.83. The highest BCUT2D eigenvalue weighted by atomic mass is 127. The molecule has 7 nitrogen and oxygen atoms in total. The first kappa shape index (κ1) is 24.4. The first-order valence-electron chi connectivity index (χ1n) is 10.2. The number of hydrogen-bond donors (Lipinski definition) is 1. The van der Waals surface area contributed by atoms with E-state index in [1.165, 1.54) is 6.07 Å². The van der Waals surface area contributed by atoms with Crippen molar-refractivity contribution in [3.05, 3.63) is 47.1 Å². The number of benzene rings is 1. The van der Waals surface area contributed by atoms with Crippen LogP contribution in [0.5, 0.6) is 5.75 Å². The van der Waals surface area contributed by atoms with E-state index in [2.05, 4.69) is 27.2 Å². The molecule has 1 aliphatic rings. The summed E-state index contributed by atoms with van der Waals surface area (Å²) in [7, 11) is 0. The fraction of sp³-hybridized carbons (Fsp3) is 0.524. The highest BCUT2D eigenvalue weighted by molar-refractivity contribution is 14.0. The third kappa shape index (κ3) is 6.83. The summed E-state index contributed by atoms with van der Waals surface area (Å²) >= 11 is 0. The number of aromatic nitrogens is 1. The van der Waals surface area contributed by atoms with Crippen molar-refractivity contribution in [2.45, 2.75) is 33.9 Å². The predicted octanol–water partition coefficient (Wildman–Crippen LogP) is 3.42. The van der Waals surface area contributed by atoms with E-state index in [9.17, 15) is 4.39 Å². The smallest absolute Gasteiger partial charge is 0.194 e. The van der Waals surface area contributed by atoms with Gasteiger partial charge in [0.15, 0.2) is 17.5 Å². The van der Waals surface area contributed by atoms with Gasteiger partial charge >= 0.3 is 0 Å². The van der Waals surface area contributed by atoms with Crippen molar-refractivity contribution in [1.29, 1.82) is 0 Å². The van der Waals surface area contributed by atoms with Gasteiger partial charge in [0.05, 0.1) is 18.8 Å². The molecule has 30 heavy (non-hydrogen) atoms. The zero-order valence-electron chi connectivity index (χ0n) is 17.9. The third-order valence-corrected chi connectivity index (χ3v) is 4.78. The maximum absolute atomic E-state index is 14.1. The van der Waals surface area contributed by atoms with Crippen LogP contribution in [0.15, 0.2) is 33.8 Å². The second-order valence-electron chi connectivity index (χ2n) is 7.06. The second-order valence-corrected chi connectivity index (χ2v) is 7.06. The maximum Gasteiger partial charge on any atom is 0.194 e. The Morgan fingerprint density at radius 3 is 2.60 bits per heavy atom. The summed E-state index contributed by atoms with van der Waals surface area (Å²) in [6.45, 7) is 11.8. The van der Waals surface area contributed by atoms with Gasteiger partial charge in [-0.2, -0.15) is 0 Å². The van der Waals surface area contributed by atoms with Gasteiger partial charge in [-0.15, -0.1) is 24.0 Å². The monoisotopic (exact) mass is 531 g/mol. The summed E-state index contributed by atoms with van der Waals surface area (Å²) in [5.74, 6) is 1.64. The third-order valence-electron chi connectivity index (χ3n) is 4.78. The molecule has 0 atom stereocenters. The molecule has 1 N–H and O–H groups in total. The highest BCUT2D eigenvalue weighted by Gasteiger charge is 2.20. The Bertz CT molecular complexity index is 821. The lowest BCUT2D eigenvalue weighted by molar-refractivity contribution is 0.169. The predicted molar refractivity (Wildman–Crippen MR) is 126 cm³/mol. The van der Waals surface area contributed by atoms with Crippen LogP contribution in [0, 0.1) is 12.7 Å². The zero-order valence-corrected chi connectivity index (χ0v) is 20.2. The number of nitrogens with one attached hydrogen (secondary N) is 1. The summed E-state index contributed by atoms with van der Waals surface area (Å²) in [6.07, 6.45) is 0. The molecule has 2 aromatic rings. The van der Waals surface area contributed by atoms with Crippen molar-refractivity contribution in [1.82, 2.24) is 20.3 Å². The topological polar surface area (TPSA) is 66.1 Å². The van der Waals surface area contributed by atoms with Crippen molar-refractivity contribution < 1.29 is 13.7 Å². The lowest BCUT2D eigenvalue weighted by Crippen LogP contribution is -2.52. The number of ether oxygens (including phenoxy) is 1. The van der Waals surface area contributed by atoms with Gasteiger partial charge in [-0.25, -0.2) is 9.38 Å². The normalized spacial score (nSPS) is 15.1. The minimum atomic E-state index is -0.346. The van der Waals surface area contributed by atoms with Gasteiger partial charge in [0, 0.05) is 45.3 Å². The average molecular weight is 531 g/mol. The van der Waals surface area contributed by atoms with Crippen LogP contribution in [-0.2, 0) is 13.1 Å². The minimum absolute atomic E-state index is 0. The quantitative estimate of drug-likeness (QED) is 0.336. The molecule has 0 unspecified atom stereocenters. The molecule has 0 radical (unpaired) electrons. The van der Waals surface area contributed by atoms with E-state index >= 15 is 0 Å². The molecule has 9 heteroatoms. The van der Waals surface area contributed by atoms with Crippen LogP contribution >= 0.6 is 24.0 Å². The van der Waals surface area contributed by atoms with Gasteiger partial charge in [-0.3, -0.25) is 4.90 Å². The van der Waals surface area contributed by atoms with Crippen LogP contribution in [0.25, 0.3) is 0 Å². The molecule has 1 aromatic heterocycles. The number of aliphatic imine (C=N–C) groups is 1. The molecule has 0 saturated carbocycles. The summed E-state index contributed by atoms with van der Waals surface area (Å²) in [6, 6.07) is 7.00. The average Bonchev–Trinajstić information content (AvgIpc) is 3.12. The molecule has 1 aliphatic heterocycles. The molecule has 0 bridgehead atoms. The molecular formula is C21H31FIN5O2. The van der Waals surface area contributed by atoms with Gasteiger partial charge in [-0.1, -0.05) is 11.2 Å². The van der Waals surface area contributed by atoms with Crippen LogP contribution in [-0.4, -0.2) is 60.2 Å². The molecule has 0 aliphatic carbocycles. The lowest BCUT2D eigenvalue weighted by Gasteiger charge is -2.36. The van der Waals surface area contributed by atoms with Gasteiger partial charge in [0.2, 0.25) is 0 Å². The first-order chi connectivity index (χ1) is 14.1. The summed E-state index contributed by atoms with van der Waals surface area (Å²) < 4.78 is 24.5. The van der Waals surface area contributed by atoms with Crippen LogP contribution in [0.2, 0.25) is 0 Å². The molecule has 3 rings (SSSR count). The van der Waals surface area contributed by atoms with E-state index in [0.29, 0.717) is 13.2 Å². The van der Waals surface area contributed by atoms with Crippen molar-refractivity contribution in [3.63, 3.8) is 0 Å². The van der Waals surface area contributed by atoms with Crippen molar-refractivity contribution in [2.24, 2.45) is 4.99 Å². The molecule has 166 valence electrons. The summed E-state index contributed by atoms with van der Waals surface area (Å²) in [5, 5.41) is 7.42. The Morgan fingerprint density at radius 2 is 2.00 bits per heavy atom. The van der Waals surface area contributed by atoms with Crippen LogP contribution in [0.4, 0.5) is 4.39 Å². The Hall–Kier alpha value is -1.88. The largest absolute Gasteiger partial charge is 0.491 e. The van der Waals surface area contributed by atoms with Gasteiger partial charge in [-0.05, 0) is 38.5 Å². The van der Waals surface area contributed by atoms with Gasteiger partial charge < -0.3 is 19.5 Å². The number of guanidine groups is 1. The fourth-order valence-corrected chi connectivity index (χ4v) is 3.35. The van der Waals surface area contributed by atoms with Crippen LogP contribution in [0.3, 0.4) is 0 Å². The van der Waals surface area contributed by atoms with Crippen LogP contribution < -0.4 is 10.1 Å². The van der Waals surface area contributed by atoms with Crippen LogP contribution in [0.1, 0.15) is 30.9 Å². The lowest BCUT2D eigenvalue weighted by atomic mass is 10.2. The number of halogens is 2. The fourth-order valence-electron chi connectivity index (χ4n) is 3.35. The molecule has 1 fully saturated rings. The van der Waals surface area contributed by atoms with Gasteiger partial charge in [0.1, 0.15) is 5.76 Å². The van der Waals surface area contributed by atoms with E-state index in [4.69, 9.17) is 14.3 Å². The standard InChI is InChI=1S/C21H30FN5O2.HI/c1-4-23-21(24-14-17-6-7-20(28-5-2)19(22)13-17)27-10-8-26(9-11-27)15-18-12-16(3)29-25-18;/h6-7,12-13H,4-5,8-11,14-15H2,1-3H3,(H,23,24);1H.